The van der Waals surface area contributed by atoms with Crippen LogP contribution in [0.5, 0.6) is 5.75 Å². The molecule has 1 aliphatic heterocycles. The highest BCUT2D eigenvalue weighted by Crippen LogP contribution is 2.40. The summed E-state index contributed by atoms with van der Waals surface area (Å²) in [7, 11) is 1.66. The number of nitrogens with one attached hydrogen (secondary N) is 1. The van der Waals surface area contributed by atoms with E-state index in [4.69, 9.17) is 10.5 Å². The lowest BCUT2D eigenvalue weighted by atomic mass is 9.99. The molecule has 0 aliphatic carbocycles. The lowest BCUT2D eigenvalue weighted by Gasteiger charge is -2.28. The molecule has 144 valence electrons. The van der Waals surface area contributed by atoms with Crippen molar-refractivity contribution < 1.29 is 9.53 Å². The maximum absolute atomic E-state index is 12.7. The summed E-state index contributed by atoms with van der Waals surface area (Å²) >= 11 is 0. The molecule has 3 aromatic rings. The number of hydrogen-bond acceptors (Lipinski definition) is 3. The first-order valence-corrected chi connectivity index (χ1v) is 9.57. The number of hydrogen-bond donors (Lipinski definition) is 2. The third kappa shape index (κ3) is 3.18. The summed E-state index contributed by atoms with van der Waals surface area (Å²) in [6, 6.07) is 18.5. The third-order valence-corrected chi connectivity index (χ3v) is 5.30. The van der Waals surface area contributed by atoms with Gasteiger partial charge in [0.25, 0.3) is 5.91 Å². The molecule has 0 saturated carbocycles. The SMILES string of the molecule is COc1cccc(-c2cc3n(c2-c2cccc(C)c2)C(CCN)CNC3=O)c1. The van der Waals surface area contributed by atoms with Crippen LogP contribution in [0.2, 0.25) is 0 Å². The summed E-state index contributed by atoms with van der Waals surface area (Å²) in [5.41, 5.74) is 11.9. The minimum atomic E-state index is -0.0451. The van der Waals surface area contributed by atoms with Crippen LogP contribution in [0, 0.1) is 6.92 Å². The largest absolute Gasteiger partial charge is 0.497 e. The highest BCUT2D eigenvalue weighted by molar-refractivity contribution is 5.98. The van der Waals surface area contributed by atoms with Crippen molar-refractivity contribution in [2.24, 2.45) is 5.73 Å². The Labute approximate surface area is 165 Å². The predicted molar refractivity (Wildman–Crippen MR) is 112 cm³/mol. The van der Waals surface area contributed by atoms with E-state index < -0.39 is 0 Å². The first-order chi connectivity index (χ1) is 13.6. The lowest BCUT2D eigenvalue weighted by molar-refractivity contribution is 0.0914. The second-order valence-electron chi connectivity index (χ2n) is 7.20. The van der Waals surface area contributed by atoms with Crippen LogP contribution in [-0.4, -0.2) is 30.7 Å². The van der Waals surface area contributed by atoms with Gasteiger partial charge in [-0.3, -0.25) is 4.79 Å². The molecule has 0 saturated heterocycles. The minimum absolute atomic E-state index is 0.0451. The number of aromatic nitrogens is 1. The maximum atomic E-state index is 12.7. The Morgan fingerprint density at radius 3 is 2.68 bits per heavy atom. The maximum Gasteiger partial charge on any atom is 0.268 e. The second kappa shape index (κ2) is 7.52. The molecule has 0 spiro atoms. The first kappa shape index (κ1) is 18.3. The Balaban J connectivity index is 2.00. The Kier molecular flexibility index (Phi) is 4.92. The van der Waals surface area contributed by atoms with Gasteiger partial charge >= 0.3 is 0 Å². The Bertz CT molecular complexity index is 1020. The predicted octanol–water partition coefficient (Wildman–Crippen LogP) is 3.77. The van der Waals surface area contributed by atoms with Crippen LogP contribution in [-0.2, 0) is 0 Å². The molecule has 5 nitrogen and oxygen atoms in total. The van der Waals surface area contributed by atoms with E-state index in [9.17, 15) is 4.79 Å². The fraction of sp³-hybridized carbons (Fsp3) is 0.261. The highest BCUT2D eigenvalue weighted by atomic mass is 16.5. The summed E-state index contributed by atoms with van der Waals surface area (Å²) in [4.78, 5) is 12.7. The van der Waals surface area contributed by atoms with Crippen molar-refractivity contribution in [1.82, 2.24) is 9.88 Å². The van der Waals surface area contributed by atoms with Crippen molar-refractivity contribution in [1.29, 1.82) is 0 Å². The smallest absolute Gasteiger partial charge is 0.268 e. The van der Waals surface area contributed by atoms with Crippen molar-refractivity contribution >= 4 is 5.91 Å². The topological polar surface area (TPSA) is 69.3 Å². The fourth-order valence-electron chi connectivity index (χ4n) is 3.99. The molecule has 5 heteroatoms. The molecule has 1 amide bonds. The Hall–Kier alpha value is -3.05. The van der Waals surface area contributed by atoms with Crippen molar-refractivity contribution in [3.63, 3.8) is 0 Å². The molecule has 1 aromatic heterocycles. The van der Waals surface area contributed by atoms with Gasteiger partial charge in [-0.1, -0.05) is 35.9 Å². The van der Waals surface area contributed by atoms with Crippen LogP contribution in [0.15, 0.2) is 54.6 Å². The van der Waals surface area contributed by atoms with E-state index in [2.05, 4.69) is 47.1 Å². The van der Waals surface area contributed by atoms with E-state index in [1.54, 1.807) is 7.11 Å². The minimum Gasteiger partial charge on any atom is -0.497 e. The number of benzene rings is 2. The number of fused-ring (bicyclic) bond motifs is 1. The molecule has 1 atom stereocenters. The zero-order chi connectivity index (χ0) is 19.7. The molecule has 1 unspecified atom stereocenters. The van der Waals surface area contributed by atoms with Gasteiger partial charge in [0.1, 0.15) is 11.4 Å². The molecule has 28 heavy (non-hydrogen) atoms. The average Bonchev–Trinajstić information content (AvgIpc) is 3.12. The second-order valence-corrected chi connectivity index (χ2v) is 7.20. The first-order valence-electron chi connectivity index (χ1n) is 9.57. The van der Waals surface area contributed by atoms with E-state index >= 15 is 0 Å². The van der Waals surface area contributed by atoms with E-state index in [1.807, 2.05) is 24.3 Å². The number of carbonyl (C=O) groups is 1. The summed E-state index contributed by atoms with van der Waals surface area (Å²) in [5, 5.41) is 3.01. The van der Waals surface area contributed by atoms with E-state index in [-0.39, 0.29) is 11.9 Å². The zero-order valence-electron chi connectivity index (χ0n) is 16.2. The Morgan fingerprint density at radius 1 is 1.14 bits per heavy atom. The summed E-state index contributed by atoms with van der Waals surface area (Å²) in [6.07, 6.45) is 0.804. The molecule has 4 rings (SSSR count). The number of rotatable bonds is 5. The molecule has 0 radical (unpaired) electrons. The van der Waals surface area contributed by atoms with E-state index in [0.29, 0.717) is 18.8 Å². The van der Waals surface area contributed by atoms with Crippen molar-refractivity contribution in [2.75, 3.05) is 20.2 Å². The van der Waals surface area contributed by atoms with Gasteiger partial charge in [0.2, 0.25) is 0 Å². The van der Waals surface area contributed by atoms with Gasteiger partial charge in [0, 0.05) is 12.1 Å². The monoisotopic (exact) mass is 375 g/mol. The van der Waals surface area contributed by atoms with Crippen LogP contribution < -0.4 is 15.8 Å². The lowest BCUT2D eigenvalue weighted by Crippen LogP contribution is -2.39. The molecular formula is C23H25N3O2. The number of methoxy groups -OCH3 is 1. The summed E-state index contributed by atoms with van der Waals surface area (Å²) in [6.45, 7) is 3.24. The molecule has 0 fully saturated rings. The summed E-state index contributed by atoms with van der Waals surface area (Å²) < 4.78 is 7.60. The number of nitrogens with two attached hydrogens (primary N) is 1. The van der Waals surface area contributed by atoms with Gasteiger partial charge in [0.05, 0.1) is 18.8 Å². The van der Waals surface area contributed by atoms with Crippen LogP contribution in [0.25, 0.3) is 22.4 Å². The molecular weight excluding hydrogens is 350 g/mol. The quantitative estimate of drug-likeness (QED) is 0.713. The van der Waals surface area contributed by atoms with Crippen LogP contribution in [0.4, 0.5) is 0 Å². The fourth-order valence-corrected chi connectivity index (χ4v) is 3.99. The van der Waals surface area contributed by atoms with Crippen molar-refractivity contribution in [2.45, 2.75) is 19.4 Å². The van der Waals surface area contributed by atoms with Crippen LogP contribution >= 0.6 is 0 Å². The average molecular weight is 375 g/mol. The van der Waals surface area contributed by atoms with Gasteiger partial charge in [-0.05, 0) is 55.3 Å². The zero-order valence-corrected chi connectivity index (χ0v) is 16.2. The molecule has 2 aromatic carbocycles. The van der Waals surface area contributed by atoms with Gasteiger partial charge in [-0.2, -0.15) is 0 Å². The van der Waals surface area contributed by atoms with Crippen LogP contribution in [0.3, 0.4) is 0 Å². The number of nitrogens with zero attached hydrogens (tertiary/aromatic N) is 1. The van der Waals surface area contributed by atoms with Gasteiger partial charge in [0.15, 0.2) is 0 Å². The van der Waals surface area contributed by atoms with E-state index in [0.717, 1.165) is 34.6 Å². The molecule has 1 aliphatic rings. The number of amides is 1. The highest BCUT2D eigenvalue weighted by Gasteiger charge is 2.30. The Morgan fingerprint density at radius 2 is 1.93 bits per heavy atom. The standard InChI is InChI=1S/C23H25N3O2/c1-15-5-3-7-17(11-15)22-20(16-6-4-8-19(12-16)28-2)13-21-23(27)25-14-18(9-10-24)26(21)22/h3-8,11-13,18H,9-10,14,24H2,1-2H3,(H,25,27). The summed E-state index contributed by atoms with van der Waals surface area (Å²) in [5.74, 6) is 0.746. The van der Waals surface area contributed by atoms with Crippen LogP contribution in [0.1, 0.15) is 28.5 Å². The number of ether oxygens (including phenoxy) is 1. The van der Waals surface area contributed by atoms with Gasteiger partial charge < -0.3 is 20.4 Å². The van der Waals surface area contributed by atoms with Crippen molar-refractivity contribution in [3.05, 3.63) is 65.9 Å². The number of carbonyl (C=O) groups excluding carboxylic acids is 1. The third-order valence-electron chi connectivity index (χ3n) is 5.30. The van der Waals surface area contributed by atoms with E-state index in [1.165, 1.54) is 5.56 Å². The normalized spacial score (nSPS) is 15.8. The molecule has 3 N–H and O–H groups in total. The molecule has 2 heterocycles. The van der Waals surface area contributed by atoms with Gasteiger partial charge in [-0.15, -0.1) is 0 Å². The van der Waals surface area contributed by atoms with Crippen molar-refractivity contribution in [3.8, 4) is 28.1 Å². The molecule has 0 bridgehead atoms. The number of aryl methyl sites for hydroxylation is 1. The van der Waals surface area contributed by atoms with Gasteiger partial charge in [-0.25, -0.2) is 0 Å².